The average Bonchev–Trinajstić information content (AvgIpc) is 3.32. The molecule has 3 nitrogen and oxygen atoms in total. The van der Waals surface area contributed by atoms with E-state index >= 15 is 0 Å². The molecule has 1 amide bonds. The Bertz CT molecular complexity index is 747. The van der Waals surface area contributed by atoms with Crippen molar-refractivity contribution in [2.75, 3.05) is 18.5 Å². The van der Waals surface area contributed by atoms with Gasteiger partial charge >= 0.3 is 0 Å². The molecule has 1 saturated carbocycles. The Morgan fingerprint density at radius 3 is 2.56 bits per heavy atom. The van der Waals surface area contributed by atoms with E-state index in [0.717, 1.165) is 37.9 Å². The van der Waals surface area contributed by atoms with Crippen LogP contribution in [-0.2, 0) is 13.0 Å². The molecule has 0 unspecified atom stereocenters. The predicted octanol–water partition coefficient (Wildman–Crippen LogP) is 4.26. The molecule has 0 radical (unpaired) electrons. The van der Waals surface area contributed by atoms with E-state index in [1.165, 1.54) is 29.7 Å². The van der Waals surface area contributed by atoms with Crippen molar-refractivity contribution in [1.82, 2.24) is 4.90 Å². The summed E-state index contributed by atoms with van der Waals surface area (Å²) in [4.78, 5) is 17.0. The minimum Gasteiger partial charge on any atom is -0.367 e. The molecule has 2 aromatic rings. The van der Waals surface area contributed by atoms with Crippen molar-refractivity contribution >= 4 is 11.6 Å². The molecule has 0 spiro atoms. The third-order valence-corrected chi connectivity index (χ3v) is 5.75. The van der Waals surface area contributed by atoms with Crippen molar-refractivity contribution in [3.05, 3.63) is 65.2 Å². The lowest BCUT2D eigenvalue weighted by Crippen LogP contribution is -2.35. The molecule has 0 aromatic heterocycles. The molecule has 1 aliphatic carbocycles. The largest absolute Gasteiger partial charge is 0.367 e. The highest BCUT2D eigenvalue weighted by molar-refractivity contribution is 5.94. The summed E-state index contributed by atoms with van der Waals surface area (Å²) >= 11 is 0. The molecule has 25 heavy (non-hydrogen) atoms. The number of fused-ring (bicyclic) bond motifs is 1. The lowest BCUT2D eigenvalue weighted by Gasteiger charge is -2.24. The number of para-hydroxylation sites is 1. The normalized spacial score (nSPS) is 16.9. The van der Waals surface area contributed by atoms with Gasteiger partial charge in [0.05, 0.1) is 0 Å². The molecule has 3 heteroatoms. The van der Waals surface area contributed by atoms with Crippen molar-refractivity contribution in [2.24, 2.45) is 0 Å². The van der Waals surface area contributed by atoms with Crippen molar-refractivity contribution in [3.8, 4) is 0 Å². The quantitative estimate of drug-likeness (QED) is 0.834. The first kappa shape index (κ1) is 16.2. The summed E-state index contributed by atoms with van der Waals surface area (Å²) in [6, 6.07) is 17.3. The molecule has 4 rings (SSSR count). The van der Waals surface area contributed by atoms with Crippen LogP contribution in [0.1, 0.15) is 47.2 Å². The van der Waals surface area contributed by atoms with Gasteiger partial charge in [0.15, 0.2) is 0 Å². The van der Waals surface area contributed by atoms with Crippen LogP contribution >= 0.6 is 0 Å². The van der Waals surface area contributed by atoms with Crippen molar-refractivity contribution < 1.29 is 4.79 Å². The molecule has 0 atom stereocenters. The fourth-order valence-corrected chi connectivity index (χ4v) is 4.20. The second-order valence-corrected chi connectivity index (χ2v) is 7.35. The first-order chi connectivity index (χ1) is 12.2. The van der Waals surface area contributed by atoms with Crippen LogP contribution in [0.25, 0.3) is 0 Å². The topological polar surface area (TPSA) is 23.6 Å². The maximum atomic E-state index is 12.7. The number of anilines is 1. The van der Waals surface area contributed by atoms with Gasteiger partial charge in [-0.15, -0.1) is 0 Å². The Hall–Kier alpha value is -2.29. The number of benzene rings is 2. The zero-order valence-corrected chi connectivity index (χ0v) is 14.9. The van der Waals surface area contributed by atoms with Crippen LogP contribution in [0.4, 0.5) is 5.69 Å². The fraction of sp³-hybridized carbons (Fsp3) is 0.409. The number of nitrogens with zero attached hydrogens (tertiary/aromatic N) is 2. The maximum Gasteiger partial charge on any atom is 0.253 e. The molecule has 1 aliphatic heterocycles. The monoisotopic (exact) mass is 334 g/mol. The van der Waals surface area contributed by atoms with E-state index in [4.69, 9.17) is 0 Å². The Kier molecular flexibility index (Phi) is 4.48. The number of carbonyl (C=O) groups is 1. The minimum atomic E-state index is 0.157. The minimum absolute atomic E-state index is 0.157. The molecule has 1 fully saturated rings. The van der Waals surface area contributed by atoms with Gasteiger partial charge in [-0.25, -0.2) is 0 Å². The van der Waals surface area contributed by atoms with Crippen molar-refractivity contribution in [3.63, 3.8) is 0 Å². The van der Waals surface area contributed by atoms with E-state index in [0.29, 0.717) is 6.04 Å². The van der Waals surface area contributed by atoms with Crippen molar-refractivity contribution in [2.45, 2.75) is 44.7 Å². The average molecular weight is 334 g/mol. The summed E-state index contributed by atoms with van der Waals surface area (Å²) in [6.45, 7) is 1.98. The van der Waals surface area contributed by atoms with E-state index in [-0.39, 0.29) is 5.91 Å². The van der Waals surface area contributed by atoms with Crippen LogP contribution in [0.2, 0.25) is 0 Å². The van der Waals surface area contributed by atoms with E-state index in [9.17, 15) is 4.79 Å². The van der Waals surface area contributed by atoms with Crippen LogP contribution in [0.15, 0.2) is 48.5 Å². The standard InChI is InChI=1S/C22H26N2O/c1-23(20-7-3-4-8-20)22(25)19-12-10-17(11-13-19)16-24-15-14-18-6-2-5-9-21(18)24/h2,5-6,9-13,20H,3-4,7-8,14-16H2,1H3. The number of hydrogen-bond donors (Lipinski definition) is 0. The summed E-state index contributed by atoms with van der Waals surface area (Å²) in [5.74, 6) is 0.157. The molecular formula is C22H26N2O. The summed E-state index contributed by atoms with van der Waals surface area (Å²) < 4.78 is 0. The van der Waals surface area contributed by atoms with Crippen LogP contribution < -0.4 is 4.90 Å². The van der Waals surface area contributed by atoms with Crippen LogP contribution in [-0.4, -0.2) is 30.4 Å². The second-order valence-electron chi connectivity index (χ2n) is 7.35. The molecule has 0 saturated heterocycles. The van der Waals surface area contributed by atoms with Gasteiger partial charge in [0.1, 0.15) is 0 Å². The number of rotatable bonds is 4. The highest BCUT2D eigenvalue weighted by Gasteiger charge is 2.24. The van der Waals surface area contributed by atoms with E-state index in [2.05, 4.69) is 41.3 Å². The summed E-state index contributed by atoms with van der Waals surface area (Å²) in [6.07, 6.45) is 5.92. The summed E-state index contributed by atoms with van der Waals surface area (Å²) in [5.41, 5.74) is 4.85. The zero-order chi connectivity index (χ0) is 17.2. The van der Waals surface area contributed by atoms with E-state index in [1.54, 1.807) is 0 Å². The van der Waals surface area contributed by atoms with Gasteiger partial charge in [-0.2, -0.15) is 0 Å². The molecule has 2 aromatic carbocycles. The Balaban J connectivity index is 1.43. The zero-order valence-electron chi connectivity index (χ0n) is 14.9. The lowest BCUT2D eigenvalue weighted by atomic mass is 10.1. The fourth-order valence-electron chi connectivity index (χ4n) is 4.20. The van der Waals surface area contributed by atoms with Crippen LogP contribution in [0, 0.1) is 0 Å². The molecular weight excluding hydrogens is 308 g/mol. The lowest BCUT2D eigenvalue weighted by molar-refractivity contribution is 0.0735. The maximum absolute atomic E-state index is 12.7. The SMILES string of the molecule is CN(C(=O)c1ccc(CN2CCc3ccccc32)cc1)C1CCCC1. The summed E-state index contributed by atoms with van der Waals surface area (Å²) in [5, 5.41) is 0. The first-order valence-corrected chi connectivity index (χ1v) is 9.41. The van der Waals surface area contributed by atoms with Gasteiger partial charge in [0, 0.05) is 37.4 Å². The Morgan fingerprint density at radius 1 is 1.08 bits per heavy atom. The Labute approximate surface area is 150 Å². The summed E-state index contributed by atoms with van der Waals surface area (Å²) in [7, 11) is 1.95. The van der Waals surface area contributed by atoms with Crippen LogP contribution in [0.3, 0.4) is 0 Å². The molecule has 1 heterocycles. The van der Waals surface area contributed by atoms with Gasteiger partial charge in [-0.3, -0.25) is 4.79 Å². The molecule has 0 N–H and O–H groups in total. The van der Waals surface area contributed by atoms with E-state index in [1.807, 2.05) is 24.1 Å². The predicted molar refractivity (Wildman–Crippen MR) is 102 cm³/mol. The molecule has 0 bridgehead atoms. The highest BCUT2D eigenvalue weighted by atomic mass is 16.2. The smallest absolute Gasteiger partial charge is 0.253 e. The number of amides is 1. The number of hydrogen-bond acceptors (Lipinski definition) is 2. The van der Waals surface area contributed by atoms with Crippen LogP contribution in [0.5, 0.6) is 0 Å². The third-order valence-electron chi connectivity index (χ3n) is 5.75. The number of carbonyl (C=O) groups excluding carboxylic acids is 1. The first-order valence-electron chi connectivity index (χ1n) is 9.41. The molecule has 130 valence electrons. The van der Waals surface area contributed by atoms with Gasteiger partial charge in [-0.1, -0.05) is 43.2 Å². The van der Waals surface area contributed by atoms with E-state index < -0.39 is 0 Å². The highest BCUT2D eigenvalue weighted by Crippen LogP contribution is 2.29. The second kappa shape index (κ2) is 6.91. The Morgan fingerprint density at radius 2 is 1.80 bits per heavy atom. The van der Waals surface area contributed by atoms with Crippen molar-refractivity contribution in [1.29, 1.82) is 0 Å². The third kappa shape index (κ3) is 3.28. The molecule has 2 aliphatic rings. The van der Waals surface area contributed by atoms with Gasteiger partial charge < -0.3 is 9.80 Å². The van der Waals surface area contributed by atoms with Gasteiger partial charge in [-0.05, 0) is 48.6 Å². The van der Waals surface area contributed by atoms with Gasteiger partial charge in [0.2, 0.25) is 0 Å². The van der Waals surface area contributed by atoms with Gasteiger partial charge in [0.25, 0.3) is 5.91 Å².